The van der Waals surface area contributed by atoms with Crippen LogP contribution in [-0.4, -0.2) is 18.2 Å². The molecular formula is C9H22N2O. The Morgan fingerprint density at radius 1 is 1.42 bits per heavy atom. The molecule has 0 aliphatic heterocycles. The van der Waals surface area contributed by atoms with Gasteiger partial charge in [0.25, 0.3) is 0 Å². The Bertz CT molecular complexity index is 115. The van der Waals surface area contributed by atoms with Gasteiger partial charge in [-0.3, -0.25) is 11.3 Å². The van der Waals surface area contributed by atoms with E-state index in [9.17, 15) is 0 Å². The van der Waals surface area contributed by atoms with Crippen molar-refractivity contribution in [2.45, 2.75) is 52.2 Å². The first kappa shape index (κ1) is 11.9. The lowest BCUT2D eigenvalue weighted by Gasteiger charge is -2.35. The number of nitrogens with one attached hydrogen (secondary N) is 1. The topological polar surface area (TPSA) is 47.3 Å². The third-order valence-corrected chi connectivity index (χ3v) is 2.52. The van der Waals surface area contributed by atoms with Gasteiger partial charge in [-0.05, 0) is 26.7 Å². The van der Waals surface area contributed by atoms with E-state index in [-0.39, 0.29) is 11.6 Å². The van der Waals surface area contributed by atoms with Crippen molar-refractivity contribution >= 4 is 0 Å². The average molecular weight is 174 g/mol. The lowest BCUT2D eigenvalue weighted by atomic mass is 9.92. The summed E-state index contributed by atoms with van der Waals surface area (Å²) in [6.07, 6.45) is 1.96. The minimum atomic E-state index is -0.127. The summed E-state index contributed by atoms with van der Waals surface area (Å²) in [5.74, 6) is 5.45. The summed E-state index contributed by atoms with van der Waals surface area (Å²) in [6, 6.07) is 0.238. The van der Waals surface area contributed by atoms with E-state index < -0.39 is 0 Å². The van der Waals surface area contributed by atoms with Gasteiger partial charge in [-0.15, -0.1) is 0 Å². The summed E-state index contributed by atoms with van der Waals surface area (Å²) in [5, 5.41) is 0. The van der Waals surface area contributed by atoms with Crippen molar-refractivity contribution in [1.82, 2.24) is 5.43 Å². The Labute approximate surface area is 75.6 Å². The van der Waals surface area contributed by atoms with E-state index in [1.54, 1.807) is 0 Å². The highest BCUT2D eigenvalue weighted by Crippen LogP contribution is 2.21. The molecule has 0 heterocycles. The Morgan fingerprint density at radius 3 is 2.25 bits per heavy atom. The van der Waals surface area contributed by atoms with Crippen LogP contribution in [0, 0.1) is 0 Å². The monoisotopic (exact) mass is 174 g/mol. The number of hydrogen-bond donors (Lipinski definition) is 2. The van der Waals surface area contributed by atoms with Crippen molar-refractivity contribution in [2.75, 3.05) is 6.61 Å². The Kier molecular flexibility index (Phi) is 5.46. The van der Waals surface area contributed by atoms with Crippen molar-refractivity contribution < 1.29 is 4.74 Å². The van der Waals surface area contributed by atoms with Gasteiger partial charge in [-0.25, -0.2) is 0 Å². The van der Waals surface area contributed by atoms with Gasteiger partial charge >= 0.3 is 0 Å². The highest BCUT2D eigenvalue weighted by Gasteiger charge is 2.30. The minimum Gasteiger partial charge on any atom is -0.374 e. The highest BCUT2D eigenvalue weighted by atomic mass is 16.5. The molecule has 0 aromatic carbocycles. The molecule has 0 amide bonds. The van der Waals surface area contributed by atoms with Gasteiger partial charge in [0, 0.05) is 12.6 Å². The van der Waals surface area contributed by atoms with Crippen LogP contribution in [0.3, 0.4) is 0 Å². The molecule has 3 heteroatoms. The Hall–Kier alpha value is -0.120. The molecule has 0 saturated heterocycles. The third-order valence-electron chi connectivity index (χ3n) is 2.52. The summed E-state index contributed by atoms with van der Waals surface area (Å²) in [5.41, 5.74) is 2.68. The van der Waals surface area contributed by atoms with Crippen LogP contribution in [0.15, 0.2) is 0 Å². The van der Waals surface area contributed by atoms with Crippen LogP contribution in [-0.2, 0) is 4.74 Å². The maximum Gasteiger partial charge on any atom is 0.0817 e. The van der Waals surface area contributed by atoms with E-state index in [0.717, 1.165) is 19.4 Å². The zero-order chi connectivity index (χ0) is 9.61. The van der Waals surface area contributed by atoms with Crippen molar-refractivity contribution in [3.8, 4) is 0 Å². The SMILES string of the molecule is CCOC(C)(CC)C(CC)NN. The second kappa shape index (κ2) is 5.51. The van der Waals surface area contributed by atoms with Crippen LogP contribution in [0.1, 0.15) is 40.5 Å². The van der Waals surface area contributed by atoms with Crippen LogP contribution in [0.25, 0.3) is 0 Å². The number of hydrogen-bond acceptors (Lipinski definition) is 3. The lowest BCUT2D eigenvalue weighted by Crippen LogP contribution is -2.52. The largest absolute Gasteiger partial charge is 0.374 e. The molecule has 0 spiro atoms. The molecule has 2 atom stereocenters. The quantitative estimate of drug-likeness (QED) is 0.473. The van der Waals surface area contributed by atoms with Gasteiger partial charge in [0.05, 0.1) is 5.60 Å². The molecule has 12 heavy (non-hydrogen) atoms. The first-order valence-electron chi connectivity index (χ1n) is 4.74. The standard InChI is InChI=1S/C9H22N2O/c1-5-8(11-10)9(4,6-2)12-7-3/h8,11H,5-7,10H2,1-4H3. The Morgan fingerprint density at radius 2 is 2.00 bits per heavy atom. The molecule has 3 N–H and O–H groups in total. The van der Waals surface area contributed by atoms with Crippen molar-refractivity contribution in [3.63, 3.8) is 0 Å². The zero-order valence-electron chi connectivity index (χ0n) is 8.68. The van der Waals surface area contributed by atoms with E-state index in [4.69, 9.17) is 10.6 Å². The summed E-state index contributed by atoms with van der Waals surface area (Å²) < 4.78 is 5.68. The number of ether oxygens (including phenoxy) is 1. The normalized spacial score (nSPS) is 18.8. The summed E-state index contributed by atoms with van der Waals surface area (Å²) >= 11 is 0. The van der Waals surface area contributed by atoms with Crippen LogP contribution >= 0.6 is 0 Å². The Balaban J connectivity index is 4.24. The molecule has 0 aliphatic rings. The van der Waals surface area contributed by atoms with Crippen molar-refractivity contribution in [2.24, 2.45) is 5.84 Å². The first-order valence-corrected chi connectivity index (χ1v) is 4.74. The molecule has 0 saturated carbocycles. The minimum absolute atomic E-state index is 0.127. The maximum atomic E-state index is 5.68. The number of rotatable bonds is 6. The highest BCUT2D eigenvalue weighted by molar-refractivity contribution is 4.86. The first-order chi connectivity index (χ1) is 5.64. The molecule has 0 aliphatic carbocycles. The molecule has 0 rings (SSSR count). The van der Waals surface area contributed by atoms with E-state index in [1.165, 1.54) is 0 Å². The smallest absolute Gasteiger partial charge is 0.0817 e. The molecule has 0 aromatic rings. The fourth-order valence-corrected chi connectivity index (χ4v) is 1.50. The van der Waals surface area contributed by atoms with Crippen LogP contribution in [0.4, 0.5) is 0 Å². The van der Waals surface area contributed by atoms with Gasteiger partial charge in [0.15, 0.2) is 0 Å². The molecule has 2 unspecified atom stereocenters. The molecular weight excluding hydrogens is 152 g/mol. The van der Waals surface area contributed by atoms with Gasteiger partial charge in [-0.1, -0.05) is 13.8 Å². The molecule has 0 radical (unpaired) electrons. The lowest BCUT2D eigenvalue weighted by molar-refractivity contribution is -0.0559. The number of nitrogens with two attached hydrogens (primary N) is 1. The third kappa shape index (κ3) is 2.73. The fraction of sp³-hybridized carbons (Fsp3) is 1.00. The second-order valence-electron chi connectivity index (χ2n) is 3.23. The molecule has 3 nitrogen and oxygen atoms in total. The molecule has 0 fully saturated rings. The molecule has 0 aromatic heterocycles. The molecule has 0 bridgehead atoms. The maximum absolute atomic E-state index is 5.68. The van der Waals surface area contributed by atoms with E-state index >= 15 is 0 Å². The summed E-state index contributed by atoms with van der Waals surface area (Å²) in [7, 11) is 0. The van der Waals surface area contributed by atoms with Gasteiger partial charge in [-0.2, -0.15) is 0 Å². The summed E-state index contributed by atoms with van der Waals surface area (Å²) in [4.78, 5) is 0. The molecule has 74 valence electrons. The van der Waals surface area contributed by atoms with Crippen LogP contribution in [0.5, 0.6) is 0 Å². The van der Waals surface area contributed by atoms with Crippen molar-refractivity contribution in [3.05, 3.63) is 0 Å². The van der Waals surface area contributed by atoms with Crippen molar-refractivity contribution in [1.29, 1.82) is 0 Å². The predicted octanol–water partition coefficient (Wildman–Crippen LogP) is 1.43. The van der Waals surface area contributed by atoms with Crippen LogP contribution < -0.4 is 11.3 Å². The second-order valence-corrected chi connectivity index (χ2v) is 3.23. The van der Waals surface area contributed by atoms with Gasteiger partial charge < -0.3 is 4.74 Å². The van der Waals surface area contributed by atoms with E-state index in [0.29, 0.717) is 0 Å². The number of hydrazine groups is 1. The van der Waals surface area contributed by atoms with Crippen LogP contribution in [0.2, 0.25) is 0 Å². The van der Waals surface area contributed by atoms with E-state index in [1.807, 2.05) is 6.92 Å². The average Bonchev–Trinajstić information content (AvgIpc) is 2.07. The fourth-order valence-electron chi connectivity index (χ4n) is 1.50. The van der Waals surface area contributed by atoms with Gasteiger partial charge in [0.1, 0.15) is 0 Å². The zero-order valence-corrected chi connectivity index (χ0v) is 8.68. The summed E-state index contributed by atoms with van der Waals surface area (Å²) in [6.45, 7) is 9.08. The predicted molar refractivity (Wildman–Crippen MR) is 51.7 cm³/mol. The van der Waals surface area contributed by atoms with E-state index in [2.05, 4.69) is 26.2 Å². The van der Waals surface area contributed by atoms with Gasteiger partial charge in [0.2, 0.25) is 0 Å².